The molecule has 1 aliphatic rings. The number of nitrogen functional groups attached to an aromatic ring is 1. The first-order valence-corrected chi connectivity index (χ1v) is 7.01. The van der Waals surface area contributed by atoms with E-state index in [9.17, 15) is 0 Å². The van der Waals surface area contributed by atoms with E-state index in [2.05, 4.69) is 24.5 Å². The highest BCUT2D eigenvalue weighted by Gasteiger charge is 2.38. The third-order valence-corrected chi connectivity index (χ3v) is 4.00. The topological polar surface area (TPSA) is 43.8 Å². The van der Waals surface area contributed by atoms with Gasteiger partial charge in [-0.05, 0) is 37.0 Å². The summed E-state index contributed by atoms with van der Waals surface area (Å²) in [7, 11) is 0. The van der Waals surface area contributed by atoms with Crippen LogP contribution in [-0.2, 0) is 6.42 Å². The first-order valence-electron chi connectivity index (χ1n) is 7.01. The molecule has 0 spiro atoms. The molecule has 96 valence electrons. The molecule has 1 aromatic carbocycles. The summed E-state index contributed by atoms with van der Waals surface area (Å²) in [5.74, 6) is 2.08. The van der Waals surface area contributed by atoms with Gasteiger partial charge in [0.1, 0.15) is 5.82 Å². The lowest BCUT2D eigenvalue weighted by Crippen LogP contribution is -2.02. The Hall–Kier alpha value is -1.51. The van der Waals surface area contributed by atoms with Crippen LogP contribution in [0.5, 0.6) is 0 Å². The number of fused-ring (bicyclic) bond motifs is 1. The molecule has 1 heterocycles. The first kappa shape index (κ1) is 11.6. The lowest BCUT2D eigenvalue weighted by Gasteiger charge is -2.08. The van der Waals surface area contributed by atoms with Crippen molar-refractivity contribution in [3.8, 4) is 0 Å². The highest BCUT2D eigenvalue weighted by atomic mass is 15.1. The lowest BCUT2D eigenvalue weighted by molar-refractivity contribution is 0.619. The van der Waals surface area contributed by atoms with E-state index in [0.717, 1.165) is 30.0 Å². The van der Waals surface area contributed by atoms with Crippen molar-refractivity contribution in [3.63, 3.8) is 0 Å². The van der Waals surface area contributed by atoms with Crippen molar-refractivity contribution in [2.45, 2.75) is 45.6 Å². The minimum atomic E-state index is 0.671. The van der Waals surface area contributed by atoms with Crippen LogP contribution in [0.1, 0.15) is 45.0 Å². The second kappa shape index (κ2) is 4.30. The first-order chi connectivity index (χ1) is 8.74. The van der Waals surface area contributed by atoms with Crippen LogP contribution in [-0.4, -0.2) is 9.55 Å². The van der Waals surface area contributed by atoms with Gasteiger partial charge in [-0.3, -0.25) is 0 Å². The Morgan fingerprint density at radius 2 is 2.22 bits per heavy atom. The summed E-state index contributed by atoms with van der Waals surface area (Å²) in [5, 5.41) is 0. The van der Waals surface area contributed by atoms with Gasteiger partial charge in [0, 0.05) is 18.2 Å². The maximum absolute atomic E-state index is 5.85. The van der Waals surface area contributed by atoms with Crippen molar-refractivity contribution in [1.82, 2.24) is 9.55 Å². The standard InChI is InChI=1S/C15H21N3/c1-3-5-15-17-12-9-11(16)6-7-13(12)18(15)14-8-10(14)4-2/h6-7,9-10,14H,3-5,8,16H2,1-2H3. The van der Waals surface area contributed by atoms with E-state index in [1.54, 1.807) is 0 Å². The van der Waals surface area contributed by atoms with Gasteiger partial charge in [0.05, 0.1) is 11.0 Å². The van der Waals surface area contributed by atoms with Gasteiger partial charge < -0.3 is 10.3 Å². The largest absolute Gasteiger partial charge is 0.399 e. The molecule has 1 aliphatic carbocycles. The van der Waals surface area contributed by atoms with E-state index < -0.39 is 0 Å². The van der Waals surface area contributed by atoms with Gasteiger partial charge in [-0.2, -0.15) is 0 Å². The molecule has 3 nitrogen and oxygen atoms in total. The fourth-order valence-corrected chi connectivity index (χ4v) is 2.92. The van der Waals surface area contributed by atoms with Gasteiger partial charge in [0.2, 0.25) is 0 Å². The Morgan fingerprint density at radius 3 is 2.89 bits per heavy atom. The zero-order chi connectivity index (χ0) is 12.7. The van der Waals surface area contributed by atoms with E-state index in [0.29, 0.717) is 6.04 Å². The normalized spacial score (nSPS) is 22.6. The van der Waals surface area contributed by atoms with Crippen LogP contribution in [0.15, 0.2) is 18.2 Å². The Kier molecular flexibility index (Phi) is 2.77. The predicted molar refractivity (Wildman–Crippen MR) is 75.6 cm³/mol. The predicted octanol–water partition coefficient (Wildman–Crippen LogP) is 3.54. The smallest absolute Gasteiger partial charge is 0.110 e. The number of hydrogen-bond donors (Lipinski definition) is 1. The third-order valence-electron chi connectivity index (χ3n) is 4.00. The third kappa shape index (κ3) is 1.78. The van der Waals surface area contributed by atoms with Gasteiger partial charge in [0.25, 0.3) is 0 Å². The van der Waals surface area contributed by atoms with Crippen LogP contribution in [0, 0.1) is 5.92 Å². The molecule has 0 radical (unpaired) electrons. The minimum absolute atomic E-state index is 0.671. The van der Waals surface area contributed by atoms with E-state index in [1.165, 1.54) is 24.2 Å². The number of nitrogens with zero attached hydrogens (tertiary/aromatic N) is 2. The molecule has 2 N–H and O–H groups in total. The molecule has 2 aromatic rings. The number of aromatic nitrogens is 2. The Bertz CT molecular complexity index is 570. The molecule has 0 bridgehead atoms. The van der Waals surface area contributed by atoms with E-state index in [1.807, 2.05) is 12.1 Å². The molecule has 3 rings (SSSR count). The van der Waals surface area contributed by atoms with Gasteiger partial charge >= 0.3 is 0 Å². The van der Waals surface area contributed by atoms with Crippen LogP contribution in [0.4, 0.5) is 5.69 Å². The van der Waals surface area contributed by atoms with Crippen molar-refractivity contribution in [3.05, 3.63) is 24.0 Å². The number of benzene rings is 1. The zero-order valence-electron chi connectivity index (χ0n) is 11.2. The van der Waals surface area contributed by atoms with Crippen LogP contribution >= 0.6 is 0 Å². The van der Waals surface area contributed by atoms with Crippen molar-refractivity contribution in [2.75, 3.05) is 5.73 Å². The highest BCUT2D eigenvalue weighted by molar-refractivity contribution is 5.80. The number of hydrogen-bond acceptors (Lipinski definition) is 2. The number of aryl methyl sites for hydroxylation is 1. The average molecular weight is 243 g/mol. The van der Waals surface area contributed by atoms with Gasteiger partial charge in [0.15, 0.2) is 0 Å². The zero-order valence-corrected chi connectivity index (χ0v) is 11.2. The lowest BCUT2D eigenvalue weighted by atomic mass is 10.2. The highest BCUT2D eigenvalue weighted by Crippen LogP contribution is 2.47. The van der Waals surface area contributed by atoms with Crippen molar-refractivity contribution in [2.24, 2.45) is 5.92 Å². The summed E-state index contributed by atoms with van der Waals surface area (Å²) in [4.78, 5) is 4.78. The number of imidazole rings is 1. The quantitative estimate of drug-likeness (QED) is 0.835. The van der Waals surface area contributed by atoms with E-state index in [-0.39, 0.29) is 0 Å². The fraction of sp³-hybridized carbons (Fsp3) is 0.533. The minimum Gasteiger partial charge on any atom is -0.399 e. The second-order valence-electron chi connectivity index (χ2n) is 5.37. The van der Waals surface area contributed by atoms with E-state index >= 15 is 0 Å². The summed E-state index contributed by atoms with van der Waals surface area (Å²) >= 11 is 0. The van der Waals surface area contributed by atoms with Gasteiger partial charge in [-0.1, -0.05) is 20.3 Å². The van der Waals surface area contributed by atoms with Crippen LogP contribution in [0.2, 0.25) is 0 Å². The van der Waals surface area contributed by atoms with Crippen LogP contribution < -0.4 is 5.73 Å². The molecular formula is C15H21N3. The number of anilines is 1. The fourth-order valence-electron chi connectivity index (χ4n) is 2.92. The van der Waals surface area contributed by atoms with Gasteiger partial charge in [-0.25, -0.2) is 4.98 Å². The molecule has 1 fully saturated rings. The molecule has 0 aliphatic heterocycles. The number of rotatable bonds is 4. The summed E-state index contributed by atoms with van der Waals surface area (Å²) in [5.41, 5.74) is 8.97. The second-order valence-corrected chi connectivity index (χ2v) is 5.37. The summed E-state index contributed by atoms with van der Waals surface area (Å²) < 4.78 is 2.46. The molecule has 1 saturated carbocycles. The summed E-state index contributed by atoms with van der Waals surface area (Å²) in [6.07, 6.45) is 4.78. The van der Waals surface area contributed by atoms with Crippen molar-refractivity contribution < 1.29 is 0 Å². The summed E-state index contributed by atoms with van der Waals surface area (Å²) in [6, 6.07) is 6.78. The maximum atomic E-state index is 5.85. The maximum Gasteiger partial charge on any atom is 0.110 e. The van der Waals surface area contributed by atoms with Crippen LogP contribution in [0.25, 0.3) is 11.0 Å². The van der Waals surface area contributed by atoms with Crippen molar-refractivity contribution in [1.29, 1.82) is 0 Å². The van der Waals surface area contributed by atoms with E-state index in [4.69, 9.17) is 10.7 Å². The monoisotopic (exact) mass is 243 g/mol. The Balaban J connectivity index is 2.10. The average Bonchev–Trinajstić information content (AvgIpc) is 3.04. The Labute approximate surface area is 108 Å². The van der Waals surface area contributed by atoms with Gasteiger partial charge in [-0.15, -0.1) is 0 Å². The Morgan fingerprint density at radius 1 is 1.39 bits per heavy atom. The molecule has 2 atom stereocenters. The molecule has 3 heteroatoms. The molecular weight excluding hydrogens is 222 g/mol. The molecule has 1 aromatic heterocycles. The number of nitrogens with two attached hydrogens (primary N) is 1. The molecule has 0 amide bonds. The molecule has 2 unspecified atom stereocenters. The molecule has 18 heavy (non-hydrogen) atoms. The SMILES string of the molecule is CCCc1nc2cc(N)ccc2n1C1CC1CC. The molecule has 0 saturated heterocycles. The van der Waals surface area contributed by atoms with Crippen LogP contribution in [0.3, 0.4) is 0 Å². The van der Waals surface area contributed by atoms with Crippen molar-refractivity contribution >= 4 is 16.7 Å². The summed E-state index contributed by atoms with van der Waals surface area (Å²) in [6.45, 7) is 4.49.